The van der Waals surface area contributed by atoms with Gasteiger partial charge >= 0.3 is 7.82 Å². The minimum atomic E-state index is -3.93. The summed E-state index contributed by atoms with van der Waals surface area (Å²) < 4.78 is 27.5. The Morgan fingerprint density at radius 2 is 1.18 bits per heavy atom. The molecule has 0 radical (unpaired) electrons. The minimum absolute atomic E-state index is 0.367. The van der Waals surface area contributed by atoms with Gasteiger partial charge in [-0.15, -0.1) is 0 Å². The average Bonchev–Trinajstić information content (AvgIpc) is 2.56. The molecule has 0 fully saturated rings. The van der Waals surface area contributed by atoms with Gasteiger partial charge in [-0.2, -0.15) is 4.08 Å². The van der Waals surface area contributed by atoms with Crippen molar-refractivity contribution in [2.45, 2.75) is 26.7 Å². The van der Waals surface area contributed by atoms with Crippen molar-refractivity contribution < 1.29 is 17.7 Å². The fourth-order valence-corrected chi connectivity index (χ4v) is 2.90. The second kappa shape index (κ2) is 7.68. The lowest BCUT2D eigenvalue weighted by atomic mass is 10.2. The highest BCUT2D eigenvalue weighted by molar-refractivity contribution is 7.50. The smallest absolute Gasteiger partial charge is 0.394 e. The highest BCUT2D eigenvalue weighted by Gasteiger charge is 2.31. The van der Waals surface area contributed by atoms with Crippen molar-refractivity contribution in [1.29, 1.82) is 0 Å². The molecule has 0 spiro atoms. The third-order valence-electron chi connectivity index (χ3n) is 3.18. The van der Waals surface area contributed by atoms with Gasteiger partial charge < -0.3 is 9.05 Å². The molecule has 118 valence electrons. The predicted octanol–water partition coefficient (Wildman–Crippen LogP) is 5.55. The summed E-state index contributed by atoms with van der Waals surface area (Å²) in [7, 11) is -3.93. The van der Waals surface area contributed by atoms with E-state index in [1.165, 1.54) is 0 Å². The van der Waals surface area contributed by atoms with Crippen molar-refractivity contribution in [2.24, 2.45) is 0 Å². The molecule has 0 saturated carbocycles. The number of halogens is 1. The van der Waals surface area contributed by atoms with E-state index in [4.69, 9.17) is 20.9 Å². The number of benzene rings is 2. The summed E-state index contributed by atoms with van der Waals surface area (Å²) in [5, 5.41) is 0. The normalized spacial score (nSPS) is 11.2. The van der Waals surface area contributed by atoms with Crippen molar-refractivity contribution in [3.05, 3.63) is 59.7 Å². The van der Waals surface area contributed by atoms with Crippen molar-refractivity contribution in [1.82, 2.24) is 0 Å². The second-order valence-electron chi connectivity index (χ2n) is 4.69. The maximum atomic E-state index is 12.4. The quantitative estimate of drug-likeness (QED) is 0.620. The van der Waals surface area contributed by atoms with Gasteiger partial charge in [0, 0.05) is 0 Å². The molecule has 2 rings (SSSR count). The monoisotopic (exact) mass is 340 g/mol. The van der Waals surface area contributed by atoms with E-state index in [0.29, 0.717) is 11.5 Å². The Kier molecular flexibility index (Phi) is 5.90. The molecule has 0 aliphatic carbocycles. The van der Waals surface area contributed by atoms with Gasteiger partial charge in [0.15, 0.2) is 0 Å². The van der Waals surface area contributed by atoms with Crippen molar-refractivity contribution in [2.75, 3.05) is 0 Å². The molecule has 2 aromatic carbocycles. The fraction of sp³-hybridized carbons (Fsp3) is 0.250. The molecular formula is C16H18ClO4P. The zero-order valence-electron chi connectivity index (χ0n) is 12.5. The summed E-state index contributed by atoms with van der Waals surface area (Å²) in [6.07, 6.45) is 1.81. The zero-order valence-corrected chi connectivity index (χ0v) is 14.1. The van der Waals surface area contributed by atoms with E-state index < -0.39 is 7.82 Å². The molecule has 0 saturated heterocycles. The topological polar surface area (TPSA) is 44.8 Å². The van der Waals surface area contributed by atoms with Crippen molar-refractivity contribution in [3.8, 4) is 11.5 Å². The summed E-state index contributed by atoms with van der Waals surface area (Å²) in [5.41, 5.74) is 2.29. The summed E-state index contributed by atoms with van der Waals surface area (Å²) in [5.74, 6) is 0.734. The molecule has 0 unspecified atom stereocenters. The van der Waals surface area contributed by atoms with Crippen LogP contribution in [0.3, 0.4) is 0 Å². The Labute approximate surface area is 135 Å². The van der Waals surface area contributed by atoms with E-state index >= 15 is 0 Å². The highest BCUT2D eigenvalue weighted by Crippen LogP contribution is 2.50. The number of phosphoric acid groups is 1. The molecule has 0 heterocycles. The Morgan fingerprint density at radius 3 is 1.45 bits per heavy atom. The van der Waals surface area contributed by atoms with Crippen LogP contribution in [-0.4, -0.2) is 0 Å². The molecule has 0 aliphatic rings. The molecular weight excluding hydrogens is 323 g/mol. The molecule has 0 aromatic heterocycles. The third kappa shape index (κ3) is 4.51. The van der Waals surface area contributed by atoms with E-state index in [-0.39, 0.29) is 0 Å². The maximum absolute atomic E-state index is 12.4. The lowest BCUT2D eigenvalue weighted by Gasteiger charge is -2.16. The van der Waals surface area contributed by atoms with Gasteiger partial charge in [-0.3, -0.25) is 0 Å². The van der Waals surface area contributed by atoms with Crippen LogP contribution in [0.5, 0.6) is 11.5 Å². The largest absolute Gasteiger partial charge is 0.604 e. The van der Waals surface area contributed by atoms with Gasteiger partial charge in [-0.25, -0.2) is 4.57 Å². The Morgan fingerprint density at radius 1 is 0.818 bits per heavy atom. The number of rotatable bonds is 7. The van der Waals surface area contributed by atoms with Crippen LogP contribution >= 0.6 is 19.7 Å². The van der Waals surface area contributed by atoms with E-state index in [9.17, 15) is 4.57 Å². The molecule has 22 heavy (non-hydrogen) atoms. The number of aryl methyl sites for hydroxylation is 2. The molecule has 0 amide bonds. The maximum Gasteiger partial charge on any atom is 0.604 e. The van der Waals surface area contributed by atoms with Gasteiger partial charge in [-0.1, -0.05) is 38.1 Å². The second-order valence-corrected chi connectivity index (χ2v) is 6.51. The molecule has 0 bridgehead atoms. The molecule has 0 N–H and O–H groups in total. The van der Waals surface area contributed by atoms with Crippen LogP contribution in [0.4, 0.5) is 0 Å². The van der Waals surface area contributed by atoms with Gasteiger partial charge in [0.05, 0.1) is 11.9 Å². The lowest BCUT2D eigenvalue weighted by Crippen LogP contribution is -2.01. The molecule has 6 heteroatoms. The first kappa shape index (κ1) is 16.9. The van der Waals surface area contributed by atoms with E-state index in [1.54, 1.807) is 24.3 Å². The van der Waals surface area contributed by atoms with Crippen molar-refractivity contribution >= 4 is 19.7 Å². The van der Waals surface area contributed by atoms with Gasteiger partial charge in [0.1, 0.15) is 11.5 Å². The van der Waals surface area contributed by atoms with Crippen LogP contribution < -0.4 is 9.05 Å². The Balaban J connectivity index is 2.11. The molecule has 0 aliphatic heterocycles. The SMILES string of the molecule is CCc1ccc(OP(=O)(OCl)Oc2ccc(CC)cc2)cc1. The number of hydrogen-bond donors (Lipinski definition) is 0. The van der Waals surface area contributed by atoms with E-state index in [1.807, 2.05) is 38.1 Å². The van der Waals surface area contributed by atoms with Crippen LogP contribution in [0.25, 0.3) is 0 Å². The van der Waals surface area contributed by atoms with E-state index in [0.717, 1.165) is 24.0 Å². The van der Waals surface area contributed by atoms with Crippen molar-refractivity contribution in [3.63, 3.8) is 0 Å². The van der Waals surface area contributed by atoms with Crippen LogP contribution in [0.2, 0.25) is 0 Å². The van der Waals surface area contributed by atoms with Crippen LogP contribution in [0, 0.1) is 0 Å². The Bertz CT molecular complexity index is 587. The first-order chi connectivity index (χ1) is 10.6. The average molecular weight is 341 g/mol. The van der Waals surface area contributed by atoms with Crippen LogP contribution in [0.1, 0.15) is 25.0 Å². The molecule has 4 nitrogen and oxygen atoms in total. The Hall–Kier alpha value is -1.48. The van der Waals surface area contributed by atoms with Crippen LogP contribution in [0.15, 0.2) is 48.5 Å². The summed E-state index contributed by atoms with van der Waals surface area (Å²) in [6.45, 7) is 4.09. The highest BCUT2D eigenvalue weighted by atomic mass is 35.5. The summed E-state index contributed by atoms with van der Waals surface area (Å²) in [4.78, 5) is 0. The van der Waals surface area contributed by atoms with Gasteiger partial charge in [-0.05, 0) is 48.2 Å². The minimum Gasteiger partial charge on any atom is -0.394 e. The number of phosphoric ester groups is 1. The van der Waals surface area contributed by atoms with Crippen LogP contribution in [-0.2, 0) is 21.5 Å². The van der Waals surface area contributed by atoms with E-state index in [2.05, 4.69) is 4.08 Å². The lowest BCUT2D eigenvalue weighted by molar-refractivity contribution is 0.308. The number of hydrogen-bond acceptors (Lipinski definition) is 4. The van der Waals surface area contributed by atoms with Gasteiger partial charge in [0.2, 0.25) is 0 Å². The zero-order chi connectivity index (χ0) is 16.0. The first-order valence-electron chi connectivity index (χ1n) is 7.06. The summed E-state index contributed by atoms with van der Waals surface area (Å²) in [6, 6.07) is 14.3. The molecule has 2 aromatic rings. The fourth-order valence-electron chi connectivity index (χ4n) is 1.88. The van der Waals surface area contributed by atoms with Gasteiger partial charge in [0.25, 0.3) is 0 Å². The predicted molar refractivity (Wildman–Crippen MR) is 87.4 cm³/mol. The summed E-state index contributed by atoms with van der Waals surface area (Å²) >= 11 is 5.31. The first-order valence-corrected chi connectivity index (χ1v) is 8.83. The molecule has 0 atom stereocenters. The third-order valence-corrected chi connectivity index (χ3v) is 4.73. The standard InChI is InChI=1S/C16H18ClO4P/c1-3-13-5-9-15(10-6-13)19-22(18,21-17)20-16-11-7-14(4-2)8-12-16/h5-12H,3-4H2,1-2H3.